The summed E-state index contributed by atoms with van der Waals surface area (Å²) in [5.41, 5.74) is 0.739. The summed E-state index contributed by atoms with van der Waals surface area (Å²) in [6.07, 6.45) is -9.60. The second-order valence-corrected chi connectivity index (χ2v) is 7.28. The van der Waals surface area contributed by atoms with E-state index in [4.69, 9.17) is 14.6 Å². The molecule has 2 aromatic carbocycles. The lowest BCUT2D eigenvalue weighted by atomic mass is 10.0. The molecule has 3 aromatic rings. The molecular formula is C22H17F6NO4S. The van der Waals surface area contributed by atoms with Gasteiger partial charge in [-0.3, -0.25) is 4.79 Å². The van der Waals surface area contributed by atoms with E-state index in [9.17, 15) is 31.1 Å². The van der Waals surface area contributed by atoms with Crippen molar-refractivity contribution in [3.63, 3.8) is 0 Å². The second-order valence-electron chi connectivity index (χ2n) is 6.40. The third kappa shape index (κ3) is 6.98. The molecule has 0 fully saturated rings. The molecule has 0 saturated heterocycles. The van der Waals surface area contributed by atoms with Gasteiger partial charge in [0.05, 0.1) is 17.9 Å². The number of ether oxygens (including phenoxy) is 1. The number of aliphatic carboxylic acids is 1. The van der Waals surface area contributed by atoms with Crippen LogP contribution in [0.1, 0.15) is 22.2 Å². The first kappa shape index (κ1) is 26.7. The first-order valence-electron chi connectivity index (χ1n) is 9.43. The predicted octanol–water partition coefficient (Wildman–Crippen LogP) is 6.72. The summed E-state index contributed by atoms with van der Waals surface area (Å²) >= 11 is 0.559. The lowest BCUT2D eigenvalue weighted by molar-refractivity contribution is -0.192. The van der Waals surface area contributed by atoms with E-state index in [0.717, 1.165) is 0 Å². The van der Waals surface area contributed by atoms with Crippen LogP contribution in [0.15, 0.2) is 60.0 Å². The van der Waals surface area contributed by atoms with Gasteiger partial charge < -0.3 is 15.2 Å². The highest BCUT2D eigenvalue weighted by molar-refractivity contribution is 7.11. The normalized spacial score (nSPS) is 11.3. The number of anilines is 1. The number of para-hydroxylation sites is 1. The average molecular weight is 505 g/mol. The predicted molar refractivity (Wildman–Crippen MR) is 114 cm³/mol. The van der Waals surface area contributed by atoms with Crippen molar-refractivity contribution in [2.45, 2.75) is 19.3 Å². The molecule has 0 atom stereocenters. The number of alkyl halides is 6. The van der Waals surface area contributed by atoms with Crippen LogP contribution in [0.5, 0.6) is 5.75 Å². The van der Waals surface area contributed by atoms with E-state index in [0.29, 0.717) is 29.3 Å². The number of carbonyl (C=O) groups excluding carboxylic acids is 1. The SMILES string of the molecule is CCOc1ccccc1C(=O)Nc1csc(C(F)(F)F)c1-c1ccccc1.O=C(O)C(F)(F)F. The van der Waals surface area contributed by atoms with Crippen molar-refractivity contribution in [2.75, 3.05) is 11.9 Å². The number of halogens is 6. The Morgan fingerprint density at radius 2 is 1.53 bits per heavy atom. The molecule has 0 spiro atoms. The number of thiophene rings is 1. The van der Waals surface area contributed by atoms with Gasteiger partial charge >= 0.3 is 18.3 Å². The number of hydrogen-bond donors (Lipinski definition) is 2. The highest BCUT2D eigenvalue weighted by Crippen LogP contribution is 2.45. The van der Waals surface area contributed by atoms with Crippen LogP contribution in [0.2, 0.25) is 0 Å². The zero-order valence-corrected chi connectivity index (χ0v) is 18.1. The molecule has 1 aromatic heterocycles. The summed E-state index contributed by atoms with van der Waals surface area (Å²) < 4.78 is 77.5. The fourth-order valence-corrected chi connectivity index (χ4v) is 3.57. The first-order valence-corrected chi connectivity index (χ1v) is 10.3. The zero-order valence-electron chi connectivity index (χ0n) is 17.3. The van der Waals surface area contributed by atoms with E-state index >= 15 is 0 Å². The van der Waals surface area contributed by atoms with Crippen molar-refractivity contribution < 1.29 is 45.8 Å². The second kappa shape index (κ2) is 11.1. The molecular weight excluding hydrogens is 488 g/mol. The Bertz CT molecular complexity index is 1130. The molecule has 1 amide bonds. The van der Waals surface area contributed by atoms with E-state index in [1.807, 2.05) is 0 Å². The largest absolute Gasteiger partial charge is 0.493 e. The lowest BCUT2D eigenvalue weighted by Crippen LogP contribution is -2.21. The Morgan fingerprint density at radius 1 is 0.971 bits per heavy atom. The molecule has 3 rings (SSSR count). The molecule has 5 nitrogen and oxygen atoms in total. The maximum absolute atomic E-state index is 13.4. The van der Waals surface area contributed by atoms with Gasteiger partial charge in [0.15, 0.2) is 0 Å². The van der Waals surface area contributed by atoms with Crippen LogP contribution in [0.3, 0.4) is 0 Å². The van der Waals surface area contributed by atoms with E-state index in [1.165, 1.54) is 5.38 Å². The lowest BCUT2D eigenvalue weighted by Gasteiger charge is -2.13. The monoisotopic (exact) mass is 505 g/mol. The van der Waals surface area contributed by atoms with Crippen LogP contribution in [-0.2, 0) is 11.0 Å². The van der Waals surface area contributed by atoms with Gasteiger partial charge in [-0.25, -0.2) is 4.79 Å². The molecule has 0 aliphatic heterocycles. The minimum Gasteiger partial charge on any atom is -0.493 e. The van der Waals surface area contributed by atoms with Crippen molar-refractivity contribution in [1.82, 2.24) is 0 Å². The molecule has 0 unspecified atom stereocenters. The number of carboxylic acids is 1. The molecule has 34 heavy (non-hydrogen) atoms. The molecule has 0 aliphatic carbocycles. The van der Waals surface area contributed by atoms with Crippen molar-refractivity contribution in [1.29, 1.82) is 0 Å². The highest BCUT2D eigenvalue weighted by Gasteiger charge is 2.38. The van der Waals surface area contributed by atoms with E-state index < -0.39 is 29.1 Å². The molecule has 0 saturated carbocycles. The van der Waals surface area contributed by atoms with Crippen molar-refractivity contribution in [3.8, 4) is 16.9 Å². The van der Waals surface area contributed by atoms with Gasteiger partial charge in [-0.1, -0.05) is 42.5 Å². The van der Waals surface area contributed by atoms with Crippen molar-refractivity contribution >= 4 is 28.9 Å². The fourth-order valence-electron chi connectivity index (χ4n) is 2.68. The molecule has 2 N–H and O–H groups in total. The van der Waals surface area contributed by atoms with Crippen molar-refractivity contribution in [2.24, 2.45) is 0 Å². The number of benzene rings is 2. The molecule has 12 heteroatoms. The highest BCUT2D eigenvalue weighted by atomic mass is 32.1. The number of carboxylic acid groups (broad SMARTS) is 1. The van der Waals surface area contributed by atoms with Crippen LogP contribution in [0, 0.1) is 0 Å². The summed E-state index contributed by atoms with van der Waals surface area (Å²) in [6.45, 7) is 2.16. The number of carbonyl (C=O) groups is 2. The first-order chi connectivity index (χ1) is 15.9. The van der Waals surface area contributed by atoms with E-state index in [2.05, 4.69) is 5.32 Å². The molecule has 0 bridgehead atoms. The third-order valence-electron chi connectivity index (χ3n) is 4.03. The fraction of sp³-hybridized carbons (Fsp3) is 0.182. The molecule has 1 heterocycles. The Hall–Kier alpha value is -3.54. The molecule has 0 radical (unpaired) electrons. The topological polar surface area (TPSA) is 75.6 Å². The van der Waals surface area contributed by atoms with Gasteiger partial charge in [-0.2, -0.15) is 26.3 Å². The minimum atomic E-state index is -5.08. The van der Waals surface area contributed by atoms with Gasteiger partial charge in [-0.05, 0) is 24.6 Å². The zero-order chi connectivity index (χ0) is 25.5. The van der Waals surface area contributed by atoms with Gasteiger partial charge in [0.1, 0.15) is 10.6 Å². The number of nitrogens with one attached hydrogen (secondary N) is 1. The van der Waals surface area contributed by atoms with E-state index in [1.54, 1.807) is 61.5 Å². The smallest absolute Gasteiger partial charge is 0.490 e. The van der Waals surface area contributed by atoms with Crippen LogP contribution in [0.25, 0.3) is 11.1 Å². The van der Waals surface area contributed by atoms with Crippen molar-refractivity contribution in [3.05, 3.63) is 70.4 Å². The maximum Gasteiger partial charge on any atom is 0.490 e. The molecule has 0 aliphatic rings. The summed E-state index contributed by atoms with van der Waals surface area (Å²) in [7, 11) is 0. The quantitative estimate of drug-likeness (QED) is 0.378. The van der Waals surface area contributed by atoms with Crippen LogP contribution >= 0.6 is 11.3 Å². The summed E-state index contributed by atoms with van der Waals surface area (Å²) in [4.78, 5) is 20.8. The van der Waals surface area contributed by atoms with Gasteiger partial charge in [0.25, 0.3) is 5.91 Å². The third-order valence-corrected chi connectivity index (χ3v) is 5.06. The number of amides is 1. The van der Waals surface area contributed by atoms with Gasteiger partial charge in [0, 0.05) is 10.9 Å². The van der Waals surface area contributed by atoms with Gasteiger partial charge in [0.2, 0.25) is 0 Å². The summed E-state index contributed by atoms with van der Waals surface area (Å²) in [6, 6.07) is 14.8. The minimum absolute atomic E-state index is 0.0321. The van der Waals surface area contributed by atoms with Crippen LogP contribution in [-0.4, -0.2) is 29.8 Å². The number of rotatable bonds is 5. The standard InChI is InChI=1S/C20H16F3NO2S.C2HF3O2/c1-2-26-16-11-7-6-10-14(16)19(25)24-15-12-27-18(20(21,22)23)17(15)13-8-4-3-5-9-13;3-2(4,5)1(6)7/h3-12H,2H2,1H3,(H,24,25);(H,6,7). The van der Waals surface area contributed by atoms with Gasteiger partial charge in [-0.15, -0.1) is 11.3 Å². The summed E-state index contributed by atoms with van der Waals surface area (Å²) in [5, 5.41) is 11.0. The molecule has 182 valence electrons. The Balaban J connectivity index is 0.000000509. The Labute approximate surface area is 193 Å². The maximum atomic E-state index is 13.4. The number of hydrogen-bond acceptors (Lipinski definition) is 4. The Kier molecular flexibility index (Phi) is 8.68. The van der Waals surface area contributed by atoms with E-state index in [-0.39, 0.29) is 16.8 Å². The average Bonchev–Trinajstić information content (AvgIpc) is 3.19. The van der Waals surface area contributed by atoms with Crippen LogP contribution in [0.4, 0.5) is 32.0 Å². The Morgan fingerprint density at radius 3 is 2.06 bits per heavy atom. The van der Waals surface area contributed by atoms with Crippen LogP contribution < -0.4 is 10.1 Å². The summed E-state index contributed by atoms with van der Waals surface area (Å²) in [5.74, 6) is -2.90.